The van der Waals surface area contributed by atoms with Gasteiger partial charge in [-0.15, -0.1) is 0 Å². The average molecular weight is 256 g/mol. The normalized spacial score (nSPS) is 10.2. The Morgan fingerprint density at radius 3 is 2.37 bits per heavy atom. The minimum atomic E-state index is -0.0315. The lowest BCUT2D eigenvalue weighted by Crippen LogP contribution is -2.21. The number of carbonyl (C=O) groups excluding carboxylic acids is 1. The molecule has 4 heteroatoms. The Morgan fingerprint density at radius 2 is 1.79 bits per heavy atom. The van der Waals surface area contributed by atoms with Crippen LogP contribution >= 0.6 is 0 Å². The lowest BCUT2D eigenvalue weighted by Gasteiger charge is -2.11. The largest absolute Gasteiger partial charge is 0.345 e. The van der Waals surface area contributed by atoms with Gasteiger partial charge in [-0.2, -0.15) is 0 Å². The van der Waals surface area contributed by atoms with Crippen molar-refractivity contribution < 1.29 is 4.79 Å². The van der Waals surface area contributed by atoms with Crippen molar-refractivity contribution >= 4 is 5.91 Å². The third-order valence-electron chi connectivity index (χ3n) is 2.86. The number of hydrogen-bond acceptors (Lipinski definition) is 2. The molecule has 0 N–H and O–H groups in total. The van der Waals surface area contributed by atoms with Crippen molar-refractivity contribution in [2.45, 2.75) is 6.54 Å². The van der Waals surface area contributed by atoms with Gasteiger partial charge in [0.1, 0.15) is 0 Å². The molecule has 2 rings (SSSR count). The first-order chi connectivity index (χ1) is 9.08. The van der Waals surface area contributed by atoms with Gasteiger partial charge in [0.05, 0.1) is 6.54 Å². The van der Waals surface area contributed by atoms with Gasteiger partial charge in [-0.25, -0.2) is 0 Å². The molecule has 0 unspecified atom stereocenters. The Bertz CT molecular complexity index is 627. The lowest BCUT2D eigenvalue weighted by atomic mass is 10.1. The van der Waals surface area contributed by atoms with Crippen molar-refractivity contribution in [1.82, 2.24) is 9.47 Å². The van der Waals surface area contributed by atoms with Crippen LogP contribution in [0.1, 0.15) is 15.9 Å². The fourth-order valence-corrected chi connectivity index (χ4v) is 1.80. The first-order valence-electron chi connectivity index (χ1n) is 6.04. The molecule has 1 aromatic heterocycles. The molecule has 1 aromatic carbocycles. The molecule has 0 saturated heterocycles. The van der Waals surface area contributed by atoms with Gasteiger partial charge in [0, 0.05) is 31.9 Å². The second kappa shape index (κ2) is 5.52. The molecule has 0 fully saturated rings. The Morgan fingerprint density at radius 1 is 1.11 bits per heavy atom. The predicted octanol–water partition coefficient (Wildman–Crippen LogP) is 1.60. The number of carbonyl (C=O) groups is 1. The Balaban J connectivity index is 2.18. The van der Waals surface area contributed by atoms with Gasteiger partial charge in [0.2, 0.25) is 0 Å². The molecular formula is C15H16N2O2. The minimum absolute atomic E-state index is 0.0246. The summed E-state index contributed by atoms with van der Waals surface area (Å²) in [6.45, 7) is 0.510. The van der Waals surface area contributed by atoms with E-state index in [0.29, 0.717) is 12.1 Å². The van der Waals surface area contributed by atoms with Crippen LogP contribution in [0, 0.1) is 0 Å². The van der Waals surface area contributed by atoms with Gasteiger partial charge < -0.3 is 9.47 Å². The maximum Gasteiger partial charge on any atom is 0.253 e. The van der Waals surface area contributed by atoms with Crippen LogP contribution in [0.25, 0.3) is 0 Å². The molecule has 0 aliphatic heterocycles. The third-order valence-corrected chi connectivity index (χ3v) is 2.86. The van der Waals surface area contributed by atoms with Gasteiger partial charge in [-0.05, 0) is 23.8 Å². The van der Waals surface area contributed by atoms with Crippen LogP contribution in [0.2, 0.25) is 0 Å². The standard InChI is InChI=1S/C15H16N2O2/c1-16(2)15(19)13-8-6-12(7-9-13)11-17-10-4-3-5-14(17)18/h3-10H,11H2,1-2H3. The summed E-state index contributed by atoms with van der Waals surface area (Å²) in [6.07, 6.45) is 1.75. The fourth-order valence-electron chi connectivity index (χ4n) is 1.80. The fraction of sp³-hybridized carbons (Fsp3) is 0.200. The van der Waals surface area contributed by atoms with Crippen LogP contribution in [-0.2, 0) is 6.54 Å². The van der Waals surface area contributed by atoms with Gasteiger partial charge in [-0.1, -0.05) is 18.2 Å². The van der Waals surface area contributed by atoms with Crippen LogP contribution in [-0.4, -0.2) is 29.5 Å². The maximum atomic E-state index is 11.7. The summed E-state index contributed by atoms with van der Waals surface area (Å²) in [5.41, 5.74) is 1.61. The molecule has 4 nitrogen and oxygen atoms in total. The molecule has 98 valence electrons. The van der Waals surface area contributed by atoms with Crippen LogP contribution in [0.5, 0.6) is 0 Å². The number of hydrogen-bond donors (Lipinski definition) is 0. The molecule has 0 aliphatic carbocycles. The minimum Gasteiger partial charge on any atom is -0.345 e. The van der Waals surface area contributed by atoms with Gasteiger partial charge in [-0.3, -0.25) is 9.59 Å². The highest BCUT2D eigenvalue weighted by atomic mass is 16.2. The average Bonchev–Trinajstić information content (AvgIpc) is 2.41. The molecule has 1 heterocycles. The number of amides is 1. The zero-order valence-corrected chi connectivity index (χ0v) is 11.0. The number of aromatic nitrogens is 1. The quantitative estimate of drug-likeness (QED) is 0.837. The van der Waals surface area contributed by atoms with E-state index in [9.17, 15) is 9.59 Å². The predicted molar refractivity (Wildman–Crippen MR) is 74.3 cm³/mol. The summed E-state index contributed by atoms with van der Waals surface area (Å²) in [6, 6.07) is 12.4. The van der Waals surface area contributed by atoms with Crippen LogP contribution in [0.3, 0.4) is 0 Å². The monoisotopic (exact) mass is 256 g/mol. The molecular weight excluding hydrogens is 240 g/mol. The van der Waals surface area contributed by atoms with Crippen molar-refractivity contribution in [3.63, 3.8) is 0 Å². The summed E-state index contributed by atoms with van der Waals surface area (Å²) >= 11 is 0. The van der Waals surface area contributed by atoms with E-state index in [1.54, 1.807) is 43.1 Å². The van der Waals surface area contributed by atoms with Crippen molar-refractivity contribution in [1.29, 1.82) is 0 Å². The summed E-state index contributed by atoms with van der Waals surface area (Å²) in [7, 11) is 3.44. The first-order valence-corrected chi connectivity index (χ1v) is 6.04. The van der Waals surface area contributed by atoms with Gasteiger partial charge in [0.15, 0.2) is 0 Å². The van der Waals surface area contributed by atoms with E-state index in [-0.39, 0.29) is 11.5 Å². The molecule has 0 atom stereocenters. The van der Waals surface area contributed by atoms with Crippen molar-refractivity contribution in [2.75, 3.05) is 14.1 Å². The molecule has 0 radical (unpaired) electrons. The third kappa shape index (κ3) is 3.10. The highest BCUT2D eigenvalue weighted by molar-refractivity contribution is 5.93. The molecule has 0 spiro atoms. The number of benzene rings is 1. The summed E-state index contributed by atoms with van der Waals surface area (Å²) in [4.78, 5) is 24.9. The highest BCUT2D eigenvalue weighted by Gasteiger charge is 2.07. The summed E-state index contributed by atoms with van der Waals surface area (Å²) < 4.78 is 1.63. The maximum absolute atomic E-state index is 11.7. The zero-order chi connectivity index (χ0) is 13.8. The number of rotatable bonds is 3. The van der Waals surface area contributed by atoms with E-state index < -0.39 is 0 Å². The van der Waals surface area contributed by atoms with E-state index in [0.717, 1.165) is 5.56 Å². The Kier molecular flexibility index (Phi) is 3.80. The molecule has 19 heavy (non-hydrogen) atoms. The molecule has 2 aromatic rings. The van der Waals surface area contributed by atoms with Crippen LogP contribution < -0.4 is 5.56 Å². The van der Waals surface area contributed by atoms with E-state index >= 15 is 0 Å². The zero-order valence-electron chi connectivity index (χ0n) is 11.0. The number of pyridine rings is 1. The summed E-state index contributed by atoms with van der Waals surface area (Å²) in [5.74, 6) is -0.0246. The first kappa shape index (κ1) is 13.1. The molecule has 0 aliphatic rings. The smallest absolute Gasteiger partial charge is 0.253 e. The van der Waals surface area contributed by atoms with Crippen molar-refractivity contribution in [3.8, 4) is 0 Å². The molecule has 0 bridgehead atoms. The highest BCUT2D eigenvalue weighted by Crippen LogP contribution is 2.07. The Hall–Kier alpha value is -2.36. The van der Waals surface area contributed by atoms with Crippen LogP contribution in [0.4, 0.5) is 0 Å². The van der Waals surface area contributed by atoms with E-state index in [1.807, 2.05) is 18.2 Å². The molecule has 1 amide bonds. The number of nitrogens with zero attached hydrogens (tertiary/aromatic N) is 2. The topological polar surface area (TPSA) is 42.3 Å². The van der Waals surface area contributed by atoms with Gasteiger partial charge in [0.25, 0.3) is 11.5 Å². The summed E-state index contributed by atoms with van der Waals surface area (Å²) in [5, 5.41) is 0. The van der Waals surface area contributed by atoms with Crippen molar-refractivity contribution in [2.24, 2.45) is 0 Å². The second-order valence-corrected chi connectivity index (χ2v) is 4.56. The second-order valence-electron chi connectivity index (χ2n) is 4.56. The van der Waals surface area contributed by atoms with Crippen molar-refractivity contribution in [3.05, 3.63) is 70.1 Å². The SMILES string of the molecule is CN(C)C(=O)c1ccc(Cn2ccccc2=O)cc1. The van der Waals surface area contributed by atoms with E-state index in [1.165, 1.54) is 11.0 Å². The Labute approximate surface area is 111 Å². The van der Waals surface area contributed by atoms with Crippen LogP contribution in [0.15, 0.2) is 53.5 Å². The molecule has 0 saturated carbocycles. The van der Waals surface area contributed by atoms with E-state index in [4.69, 9.17) is 0 Å². The van der Waals surface area contributed by atoms with Gasteiger partial charge >= 0.3 is 0 Å². The lowest BCUT2D eigenvalue weighted by molar-refractivity contribution is 0.0827. The van der Waals surface area contributed by atoms with E-state index in [2.05, 4.69) is 0 Å².